The van der Waals surface area contributed by atoms with E-state index in [1.54, 1.807) is 0 Å². The van der Waals surface area contributed by atoms with E-state index in [1.807, 2.05) is 0 Å². The first-order chi connectivity index (χ1) is 15.7. The lowest BCUT2D eigenvalue weighted by atomic mass is 10.0. The van der Waals surface area contributed by atoms with Crippen LogP contribution in [0, 0.1) is 0 Å². The molecule has 2 rings (SSSR count). The predicted molar refractivity (Wildman–Crippen MR) is 142 cm³/mol. The van der Waals surface area contributed by atoms with E-state index in [0.29, 0.717) is 0 Å². The summed E-state index contributed by atoms with van der Waals surface area (Å²) in [5.74, 6) is 0. The van der Waals surface area contributed by atoms with Crippen LogP contribution in [0.2, 0.25) is 0 Å². The Hall–Kier alpha value is -1.64. The van der Waals surface area contributed by atoms with Crippen molar-refractivity contribution in [1.82, 2.24) is 9.80 Å². The van der Waals surface area contributed by atoms with Gasteiger partial charge in [-0.2, -0.15) is 0 Å². The highest BCUT2D eigenvalue weighted by Gasteiger charge is 2.09. The van der Waals surface area contributed by atoms with Crippen LogP contribution >= 0.6 is 0 Å². The van der Waals surface area contributed by atoms with E-state index in [4.69, 9.17) is 0 Å². The average Bonchev–Trinajstić information content (AvgIpc) is 2.80. The highest BCUT2D eigenvalue weighted by Crippen LogP contribution is 2.23. The molecule has 32 heavy (non-hydrogen) atoms. The first-order valence-corrected chi connectivity index (χ1v) is 13.3. The molecule has 178 valence electrons. The molecule has 0 aliphatic carbocycles. The van der Waals surface area contributed by atoms with E-state index in [9.17, 15) is 0 Å². The van der Waals surface area contributed by atoms with Crippen molar-refractivity contribution in [3.63, 3.8) is 0 Å². The summed E-state index contributed by atoms with van der Waals surface area (Å²) in [5, 5.41) is 0. The van der Waals surface area contributed by atoms with Crippen LogP contribution < -0.4 is 0 Å². The zero-order chi connectivity index (χ0) is 23.0. The summed E-state index contributed by atoms with van der Waals surface area (Å²) in [5.41, 5.74) is 5.57. The average molecular weight is 437 g/mol. The summed E-state index contributed by atoms with van der Waals surface area (Å²) in [4.78, 5) is 5.26. The molecule has 0 aromatic heterocycles. The maximum absolute atomic E-state index is 2.63. The van der Waals surface area contributed by atoms with E-state index < -0.39 is 0 Å². The van der Waals surface area contributed by atoms with Crippen LogP contribution in [0.25, 0.3) is 11.1 Å². The first kappa shape index (κ1) is 26.6. The molecule has 2 aromatic carbocycles. The third kappa shape index (κ3) is 9.88. The van der Waals surface area contributed by atoms with Gasteiger partial charge in [-0.3, -0.25) is 9.80 Å². The first-order valence-electron chi connectivity index (χ1n) is 13.3. The second kappa shape index (κ2) is 16.0. The van der Waals surface area contributed by atoms with Gasteiger partial charge >= 0.3 is 0 Å². The van der Waals surface area contributed by atoms with Gasteiger partial charge in [0.25, 0.3) is 0 Å². The molecule has 0 aliphatic rings. The number of benzene rings is 2. The van der Waals surface area contributed by atoms with E-state index in [2.05, 4.69) is 86.0 Å². The molecule has 0 saturated heterocycles. The van der Waals surface area contributed by atoms with Gasteiger partial charge in [-0.25, -0.2) is 0 Å². The summed E-state index contributed by atoms with van der Waals surface area (Å²) in [6.45, 7) is 16.1. The number of hydrogen-bond donors (Lipinski definition) is 0. The van der Waals surface area contributed by atoms with Crippen LogP contribution in [0.1, 0.15) is 90.2 Å². The fraction of sp³-hybridized carbons (Fsp3) is 0.600. The zero-order valence-corrected chi connectivity index (χ0v) is 21.4. The van der Waals surface area contributed by atoms with Crippen LogP contribution in [0.4, 0.5) is 0 Å². The van der Waals surface area contributed by atoms with Gasteiger partial charge in [-0.05, 0) is 86.2 Å². The molecule has 0 saturated carbocycles. The molecule has 0 bridgehead atoms. The molecule has 2 aromatic rings. The predicted octanol–water partition coefficient (Wildman–Crippen LogP) is 8.16. The highest BCUT2D eigenvalue weighted by molar-refractivity contribution is 5.65. The van der Waals surface area contributed by atoms with Gasteiger partial charge in [-0.1, -0.05) is 89.8 Å². The molecular weight excluding hydrogens is 388 g/mol. The normalized spacial score (nSPS) is 11.6. The molecular formula is C30H48N2. The lowest BCUT2D eigenvalue weighted by Gasteiger charge is -2.22. The number of unbranched alkanes of at least 4 members (excludes halogenated alkanes) is 4. The van der Waals surface area contributed by atoms with Crippen molar-refractivity contribution in [2.45, 2.75) is 92.2 Å². The molecule has 0 N–H and O–H groups in total. The second-order valence-electron chi connectivity index (χ2n) is 9.37. The Morgan fingerprint density at radius 2 is 0.938 bits per heavy atom. The Kier molecular flexibility index (Phi) is 13.3. The van der Waals surface area contributed by atoms with Gasteiger partial charge < -0.3 is 0 Å². The smallest absolute Gasteiger partial charge is 0.0233 e. The molecule has 0 fully saturated rings. The van der Waals surface area contributed by atoms with Gasteiger partial charge in [-0.15, -0.1) is 0 Å². The SMILES string of the molecule is CCCCCN(CCC)Cc1cccc(-c2cccc(CN(CCC)CCCCC)c2)c1. The van der Waals surface area contributed by atoms with E-state index in [-0.39, 0.29) is 0 Å². The molecule has 0 heterocycles. The van der Waals surface area contributed by atoms with Gasteiger partial charge in [0.15, 0.2) is 0 Å². The van der Waals surface area contributed by atoms with Gasteiger partial charge in [0.05, 0.1) is 0 Å². The third-order valence-corrected chi connectivity index (χ3v) is 6.24. The minimum absolute atomic E-state index is 1.06. The molecule has 2 nitrogen and oxygen atoms in total. The van der Waals surface area contributed by atoms with Gasteiger partial charge in [0.1, 0.15) is 0 Å². The maximum Gasteiger partial charge on any atom is 0.0233 e. The topological polar surface area (TPSA) is 6.48 Å². The molecule has 0 radical (unpaired) electrons. The van der Waals surface area contributed by atoms with Crippen molar-refractivity contribution in [1.29, 1.82) is 0 Å². The van der Waals surface area contributed by atoms with Crippen molar-refractivity contribution in [3.05, 3.63) is 59.7 Å². The third-order valence-electron chi connectivity index (χ3n) is 6.24. The highest BCUT2D eigenvalue weighted by atomic mass is 15.1. The van der Waals surface area contributed by atoms with Crippen LogP contribution in [0.5, 0.6) is 0 Å². The molecule has 0 atom stereocenters. The Labute approximate surface area is 199 Å². The Morgan fingerprint density at radius 3 is 1.31 bits per heavy atom. The number of rotatable bonds is 17. The summed E-state index contributed by atoms with van der Waals surface area (Å²) >= 11 is 0. The van der Waals surface area contributed by atoms with Crippen LogP contribution in [-0.2, 0) is 13.1 Å². The van der Waals surface area contributed by atoms with Crippen molar-refractivity contribution in [3.8, 4) is 11.1 Å². The van der Waals surface area contributed by atoms with E-state index >= 15 is 0 Å². The van der Waals surface area contributed by atoms with E-state index in [0.717, 1.165) is 13.1 Å². The Bertz CT molecular complexity index is 676. The Balaban J connectivity index is 2.08. The summed E-state index contributed by atoms with van der Waals surface area (Å²) < 4.78 is 0. The second-order valence-corrected chi connectivity index (χ2v) is 9.37. The maximum atomic E-state index is 2.63. The molecule has 0 aliphatic heterocycles. The minimum atomic E-state index is 1.06. The quantitative estimate of drug-likeness (QED) is 0.231. The van der Waals surface area contributed by atoms with Crippen molar-refractivity contribution < 1.29 is 0 Å². The fourth-order valence-corrected chi connectivity index (χ4v) is 4.56. The van der Waals surface area contributed by atoms with Crippen molar-refractivity contribution >= 4 is 0 Å². The standard InChI is InChI=1S/C30H48N2/c1-5-9-11-21-31(19-7-3)25-27-15-13-17-29(23-27)30-18-14-16-28(24-30)26-32(20-8-4)22-12-10-6-2/h13-18,23-24H,5-12,19-22,25-26H2,1-4H3. The number of nitrogens with zero attached hydrogens (tertiary/aromatic N) is 2. The molecule has 0 unspecified atom stereocenters. The lowest BCUT2D eigenvalue weighted by molar-refractivity contribution is 0.260. The monoisotopic (exact) mass is 436 g/mol. The van der Waals surface area contributed by atoms with Crippen LogP contribution in [0.3, 0.4) is 0 Å². The largest absolute Gasteiger partial charge is 0.299 e. The minimum Gasteiger partial charge on any atom is -0.299 e. The number of hydrogen-bond acceptors (Lipinski definition) is 2. The van der Waals surface area contributed by atoms with Crippen molar-refractivity contribution in [2.75, 3.05) is 26.2 Å². The summed E-state index contributed by atoms with van der Waals surface area (Å²) in [7, 11) is 0. The summed E-state index contributed by atoms with van der Waals surface area (Å²) in [6.07, 6.45) is 10.3. The zero-order valence-electron chi connectivity index (χ0n) is 21.4. The van der Waals surface area contributed by atoms with Gasteiger partial charge in [0.2, 0.25) is 0 Å². The van der Waals surface area contributed by atoms with E-state index in [1.165, 1.54) is 99.8 Å². The molecule has 2 heteroatoms. The lowest BCUT2D eigenvalue weighted by Crippen LogP contribution is -2.25. The summed E-state index contributed by atoms with van der Waals surface area (Å²) in [6, 6.07) is 18.4. The fourth-order valence-electron chi connectivity index (χ4n) is 4.56. The molecule has 0 amide bonds. The van der Waals surface area contributed by atoms with Crippen LogP contribution in [-0.4, -0.2) is 36.0 Å². The van der Waals surface area contributed by atoms with Gasteiger partial charge in [0, 0.05) is 13.1 Å². The van der Waals surface area contributed by atoms with Crippen LogP contribution in [0.15, 0.2) is 48.5 Å². The van der Waals surface area contributed by atoms with Crippen molar-refractivity contribution in [2.24, 2.45) is 0 Å². The Morgan fingerprint density at radius 1 is 0.500 bits per heavy atom. The molecule has 0 spiro atoms.